The summed E-state index contributed by atoms with van der Waals surface area (Å²) in [6.45, 7) is -2.61. The van der Waals surface area contributed by atoms with Crippen molar-refractivity contribution >= 4 is 6.29 Å². The van der Waals surface area contributed by atoms with Gasteiger partial charge in [-0.05, 0) is 0 Å². The highest BCUT2D eigenvalue weighted by molar-refractivity contribution is 5.57. The lowest BCUT2D eigenvalue weighted by Crippen LogP contribution is -2.65. The zero-order valence-corrected chi connectivity index (χ0v) is 17.7. The summed E-state index contributed by atoms with van der Waals surface area (Å²) in [5, 5.41) is 108. The molecule has 16 heteroatoms. The van der Waals surface area contributed by atoms with Crippen molar-refractivity contribution in [1.29, 1.82) is 0 Å². The third-order valence-corrected chi connectivity index (χ3v) is 5.66. The number of hydrogen-bond acceptors (Lipinski definition) is 16. The zero-order chi connectivity index (χ0) is 25.7. The van der Waals surface area contributed by atoms with Crippen molar-refractivity contribution in [3.8, 4) is 0 Å². The highest BCUT2D eigenvalue weighted by atomic mass is 16.8. The maximum atomic E-state index is 11.5. The summed E-state index contributed by atoms with van der Waals surface area (Å²) >= 11 is 0. The monoisotopic (exact) mass is 504 g/mol. The van der Waals surface area contributed by atoms with Gasteiger partial charge >= 0.3 is 0 Å². The van der Waals surface area contributed by atoms with Crippen molar-refractivity contribution in [2.75, 3.05) is 19.8 Å². The number of hydrogen-bond donors (Lipinski definition) is 11. The fourth-order valence-corrected chi connectivity index (χ4v) is 3.52. The summed E-state index contributed by atoms with van der Waals surface area (Å²) in [5.74, 6) is 0. The quantitative estimate of drug-likeness (QED) is 0.117. The first-order valence-corrected chi connectivity index (χ1v) is 10.4. The van der Waals surface area contributed by atoms with Crippen LogP contribution >= 0.6 is 0 Å². The predicted octanol–water partition coefficient (Wildman–Crippen LogP) is -7.73. The molecule has 2 fully saturated rings. The van der Waals surface area contributed by atoms with Gasteiger partial charge in [0.25, 0.3) is 0 Å². The van der Waals surface area contributed by atoms with E-state index in [4.69, 9.17) is 24.1 Å². The molecule has 2 heterocycles. The molecule has 0 aliphatic carbocycles. The van der Waals surface area contributed by atoms with E-state index in [0.29, 0.717) is 0 Å². The Labute approximate surface area is 192 Å². The van der Waals surface area contributed by atoms with Crippen LogP contribution < -0.4 is 0 Å². The summed E-state index contributed by atoms with van der Waals surface area (Å²) in [6.07, 6.45) is -25.6. The van der Waals surface area contributed by atoms with E-state index in [0.717, 1.165) is 0 Å². The van der Waals surface area contributed by atoms with E-state index in [2.05, 4.69) is 0 Å². The van der Waals surface area contributed by atoms with Crippen LogP contribution in [0.5, 0.6) is 0 Å². The lowest BCUT2D eigenvalue weighted by atomic mass is 9.97. The Hall–Kier alpha value is -0.930. The SMILES string of the molecule is O=C[C@H](OC1O[C@H](CO)[C@@H](O)[C@H](O)[C@H]1OC1O[C@H](CO)[C@@H](O)[C@H](O)[C@H]1O)[C@@H](O)[C@H](O)[C@H](O)CO. The minimum atomic E-state index is -2.12. The van der Waals surface area contributed by atoms with Crippen molar-refractivity contribution in [1.82, 2.24) is 0 Å². The summed E-state index contributed by atoms with van der Waals surface area (Å²) in [5.41, 5.74) is 0. The fourth-order valence-electron chi connectivity index (χ4n) is 3.52. The van der Waals surface area contributed by atoms with Crippen molar-refractivity contribution in [2.45, 2.75) is 85.8 Å². The maximum absolute atomic E-state index is 11.5. The smallest absolute Gasteiger partial charge is 0.188 e. The van der Waals surface area contributed by atoms with E-state index < -0.39 is 106 Å². The third kappa shape index (κ3) is 6.25. The molecule has 0 saturated carbocycles. The Balaban J connectivity index is 2.26. The van der Waals surface area contributed by atoms with E-state index in [1.165, 1.54) is 0 Å². The van der Waals surface area contributed by atoms with Gasteiger partial charge in [0.15, 0.2) is 18.9 Å². The van der Waals surface area contributed by atoms with Crippen molar-refractivity contribution < 1.29 is 79.9 Å². The number of carbonyl (C=O) groups excluding carboxylic acids is 1. The van der Waals surface area contributed by atoms with Gasteiger partial charge in [-0.2, -0.15) is 0 Å². The van der Waals surface area contributed by atoms with E-state index in [9.17, 15) is 55.9 Å². The number of carbonyl (C=O) groups is 1. The molecule has 0 aromatic rings. The number of aliphatic hydroxyl groups is 11. The Morgan fingerprint density at radius 1 is 0.735 bits per heavy atom. The molecular weight excluding hydrogens is 472 g/mol. The van der Waals surface area contributed by atoms with Crippen molar-refractivity contribution in [3.63, 3.8) is 0 Å². The first-order valence-electron chi connectivity index (χ1n) is 10.4. The Kier molecular flexibility index (Phi) is 11.1. The summed E-state index contributed by atoms with van der Waals surface area (Å²) in [6, 6.07) is 0. The minimum Gasteiger partial charge on any atom is -0.394 e. The topological polar surface area (TPSA) is 277 Å². The zero-order valence-electron chi connectivity index (χ0n) is 17.7. The molecule has 16 nitrogen and oxygen atoms in total. The molecular formula is C18H32O16. The molecule has 0 aromatic heterocycles. The van der Waals surface area contributed by atoms with Crippen LogP contribution in [-0.2, 0) is 23.7 Å². The molecule has 0 radical (unpaired) electrons. The number of aliphatic hydroxyl groups excluding tert-OH is 11. The van der Waals surface area contributed by atoms with Crippen LogP contribution in [0.1, 0.15) is 0 Å². The highest BCUT2D eigenvalue weighted by Crippen LogP contribution is 2.30. The van der Waals surface area contributed by atoms with Crippen molar-refractivity contribution in [3.05, 3.63) is 0 Å². The van der Waals surface area contributed by atoms with Gasteiger partial charge in [-0.1, -0.05) is 0 Å². The van der Waals surface area contributed by atoms with Gasteiger partial charge in [0, 0.05) is 0 Å². The second-order valence-corrected chi connectivity index (χ2v) is 7.97. The van der Waals surface area contributed by atoms with E-state index in [1.54, 1.807) is 0 Å². The van der Waals surface area contributed by atoms with Gasteiger partial charge in [0.2, 0.25) is 0 Å². The van der Waals surface area contributed by atoms with Crippen LogP contribution in [0.2, 0.25) is 0 Å². The van der Waals surface area contributed by atoms with Crippen LogP contribution in [0.4, 0.5) is 0 Å². The summed E-state index contributed by atoms with van der Waals surface area (Å²) in [7, 11) is 0. The molecule has 2 aliphatic rings. The van der Waals surface area contributed by atoms with Crippen LogP contribution in [0.25, 0.3) is 0 Å². The number of aldehydes is 1. The summed E-state index contributed by atoms with van der Waals surface area (Å²) < 4.78 is 21.1. The molecule has 11 N–H and O–H groups in total. The van der Waals surface area contributed by atoms with Crippen LogP contribution in [0.15, 0.2) is 0 Å². The molecule has 200 valence electrons. The predicted molar refractivity (Wildman–Crippen MR) is 102 cm³/mol. The van der Waals surface area contributed by atoms with Crippen molar-refractivity contribution in [2.24, 2.45) is 0 Å². The Morgan fingerprint density at radius 3 is 1.76 bits per heavy atom. The molecule has 0 spiro atoms. The average Bonchev–Trinajstić information content (AvgIpc) is 2.84. The van der Waals surface area contributed by atoms with E-state index in [1.807, 2.05) is 0 Å². The first kappa shape index (κ1) is 29.3. The van der Waals surface area contributed by atoms with Gasteiger partial charge in [0.05, 0.1) is 19.8 Å². The average molecular weight is 504 g/mol. The van der Waals surface area contributed by atoms with Gasteiger partial charge in [-0.3, -0.25) is 0 Å². The normalized spacial score (nSPS) is 42.6. The van der Waals surface area contributed by atoms with E-state index >= 15 is 0 Å². The number of ether oxygens (including phenoxy) is 4. The van der Waals surface area contributed by atoms with E-state index in [-0.39, 0.29) is 6.29 Å². The van der Waals surface area contributed by atoms with Gasteiger partial charge in [0.1, 0.15) is 73.2 Å². The minimum absolute atomic E-state index is 0.00235. The molecule has 14 atom stereocenters. The number of rotatable bonds is 11. The Bertz CT molecular complexity index is 623. The summed E-state index contributed by atoms with van der Waals surface area (Å²) in [4.78, 5) is 11.5. The fraction of sp³-hybridized carbons (Fsp3) is 0.944. The maximum Gasteiger partial charge on any atom is 0.188 e. The lowest BCUT2D eigenvalue weighted by molar-refractivity contribution is -0.372. The molecule has 2 aliphatic heterocycles. The second-order valence-electron chi connectivity index (χ2n) is 7.97. The molecule has 2 unspecified atom stereocenters. The molecule has 2 rings (SSSR count). The molecule has 0 aromatic carbocycles. The second kappa shape index (κ2) is 12.9. The van der Waals surface area contributed by atoms with Gasteiger partial charge in [-0.15, -0.1) is 0 Å². The van der Waals surface area contributed by atoms with Gasteiger partial charge < -0.3 is 79.9 Å². The van der Waals surface area contributed by atoms with Gasteiger partial charge in [-0.25, -0.2) is 0 Å². The lowest BCUT2D eigenvalue weighted by Gasteiger charge is -2.46. The first-order chi connectivity index (χ1) is 16.0. The van der Waals surface area contributed by atoms with Crippen LogP contribution in [0.3, 0.4) is 0 Å². The largest absolute Gasteiger partial charge is 0.394 e. The Morgan fingerprint density at radius 2 is 1.26 bits per heavy atom. The molecule has 0 bridgehead atoms. The van der Waals surface area contributed by atoms with Crippen LogP contribution in [-0.4, -0.2) is 168 Å². The molecule has 2 saturated heterocycles. The molecule has 0 amide bonds. The molecule has 34 heavy (non-hydrogen) atoms. The third-order valence-electron chi connectivity index (χ3n) is 5.66. The van der Waals surface area contributed by atoms with Crippen LogP contribution in [0, 0.1) is 0 Å². The standard InChI is InChI=1S/C18H32O16/c19-1-5(23)9(24)10(25)6(2-20)32-18-16(14(29)12(27)8(4-22)33-18)34-17-15(30)13(28)11(26)7(3-21)31-17/h2,5-19,21-30H,1,3-4H2/t5-,6+,7-,8-,9-,10-,11-,12-,13+,14+,15-,16-,17?,18?/m1/s1. The highest BCUT2D eigenvalue weighted by Gasteiger charge is 2.51.